The minimum atomic E-state index is 0.148. The molecular formula is C11H11NO. The summed E-state index contributed by atoms with van der Waals surface area (Å²) in [6, 6.07) is 5.76. The van der Waals surface area contributed by atoms with Crippen LogP contribution in [0.4, 0.5) is 5.69 Å². The van der Waals surface area contributed by atoms with Gasteiger partial charge in [-0.2, -0.15) is 0 Å². The van der Waals surface area contributed by atoms with E-state index in [1.807, 2.05) is 24.3 Å². The fourth-order valence-corrected chi connectivity index (χ4v) is 1.58. The van der Waals surface area contributed by atoms with Crippen molar-refractivity contribution < 1.29 is 4.79 Å². The van der Waals surface area contributed by atoms with E-state index in [0.717, 1.165) is 23.2 Å². The van der Waals surface area contributed by atoms with Crippen molar-refractivity contribution in [3.05, 3.63) is 34.9 Å². The van der Waals surface area contributed by atoms with E-state index in [2.05, 4.69) is 0 Å². The predicted molar refractivity (Wildman–Crippen MR) is 53.2 cm³/mol. The lowest BCUT2D eigenvalue weighted by atomic mass is 10.1. The Bertz CT molecular complexity index is 405. The number of rotatable bonds is 1. The maximum absolute atomic E-state index is 11.1. The number of allylic oxidation sites excluding steroid dienone is 1. The van der Waals surface area contributed by atoms with Gasteiger partial charge in [0.15, 0.2) is 5.78 Å². The summed E-state index contributed by atoms with van der Waals surface area (Å²) < 4.78 is 0. The third-order valence-corrected chi connectivity index (χ3v) is 2.33. The molecule has 0 saturated heterocycles. The second kappa shape index (κ2) is 2.73. The monoisotopic (exact) mass is 173 g/mol. The molecule has 0 aromatic heterocycles. The molecule has 1 aromatic rings. The molecule has 1 aliphatic carbocycles. The Morgan fingerprint density at radius 2 is 2.23 bits per heavy atom. The molecule has 0 spiro atoms. The van der Waals surface area contributed by atoms with Crippen LogP contribution in [0.15, 0.2) is 23.8 Å². The highest BCUT2D eigenvalue weighted by atomic mass is 16.1. The molecule has 0 amide bonds. The molecule has 0 bridgehead atoms. The van der Waals surface area contributed by atoms with Crippen molar-refractivity contribution in [1.29, 1.82) is 0 Å². The van der Waals surface area contributed by atoms with E-state index in [-0.39, 0.29) is 5.78 Å². The topological polar surface area (TPSA) is 43.1 Å². The van der Waals surface area contributed by atoms with Crippen molar-refractivity contribution in [2.24, 2.45) is 0 Å². The second-order valence-corrected chi connectivity index (χ2v) is 3.36. The summed E-state index contributed by atoms with van der Waals surface area (Å²) in [7, 11) is 0. The van der Waals surface area contributed by atoms with Gasteiger partial charge in [0.1, 0.15) is 0 Å². The first-order valence-corrected chi connectivity index (χ1v) is 4.27. The zero-order valence-electron chi connectivity index (χ0n) is 7.50. The van der Waals surface area contributed by atoms with Crippen LogP contribution in [0.3, 0.4) is 0 Å². The molecule has 2 rings (SSSR count). The summed E-state index contributed by atoms with van der Waals surface area (Å²) in [5.41, 5.74) is 9.55. The van der Waals surface area contributed by atoms with E-state index in [4.69, 9.17) is 5.73 Å². The molecule has 0 aliphatic heterocycles. The van der Waals surface area contributed by atoms with E-state index in [1.165, 1.54) is 5.56 Å². The van der Waals surface area contributed by atoms with Crippen LogP contribution in [-0.4, -0.2) is 5.78 Å². The molecule has 0 saturated carbocycles. The Kier molecular flexibility index (Phi) is 1.69. The van der Waals surface area contributed by atoms with Gasteiger partial charge in [-0.15, -0.1) is 0 Å². The molecule has 2 nitrogen and oxygen atoms in total. The largest absolute Gasteiger partial charge is 0.399 e. The van der Waals surface area contributed by atoms with Gasteiger partial charge in [0.2, 0.25) is 0 Å². The van der Waals surface area contributed by atoms with Gasteiger partial charge in [-0.05, 0) is 41.8 Å². The Labute approximate surface area is 77.1 Å². The summed E-state index contributed by atoms with van der Waals surface area (Å²) in [4.78, 5) is 11.1. The minimum absolute atomic E-state index is 0.148. The standard InChI is InChI=1S/C11H11NO/c1-7(13)9-4-8-2-3-11(12)6-10(8)5-9/h2-3,5-6H,4,12H2,1H3. The van der Waals surface area contributed by atoms with Crippen LogP contribution in [0.25, 0.3) is 6.08 Å². The molecule has 13 heavy (non-hydrogen) atoms. The molecule has 2 N–H and O–H groups in total. The highest BCUT2D eigenvalue weighted by Crippen LogP contribution is 2.26. The summed E-state index contributed by atoms with van der Waals surface area (Å²) in [6.45, 7) is 1.60. The number of carbonyl (C=O) groups is 1. The van der Waals surface area contributed by atoms with Crippen molar-refractivity contribution in [2.45, 2.75) is 13.3 Å². The number of carbonyl (C=O) groups excluding carboxylic acids is 1. The molecule has 0 unspecified atom stereocenters. The number of nitrogens with two attached hydrogens (primary N) is 1. The van der Waals surface area contributed by atoms with Gasteiger partial charge in [0, 0.05) is 12.1 Å². The molecular weight excluding hydrogens is 162 g/mol. The summed E-state index contributed by atoms with van der Waals surface area (Å²) in [5, 5.41) is 0. The lowest BCUT2D eigenvalue weighted by molar-refractivity contribution is -0.113. The number of anilines is 1. The smallest absolute Gasteiger partial charge is 0.156 e. The van der Waals surface area contributed by atoms with E-state index in [1.54, 1.807) is 6.92 Å². The quantitative estimate of drug-likeness (QED) is 0.658. The molecule has 0 radical (unpaired) electrons. The van der Waals surface area contributed by atoms with Crippen molar-refractivity contribution in [2.75, 3.05) is 5.73 Å². The number of benzene rings is 1. The number of hydrogen-bond acceptors (Lipinski definition) is 2. The van der Waals surface area contributed by atoms with Crippen molar-refractivity contribution >= 4 is 17.5 Å². The van der Waals surface area contributed by atoms with E-state index in [0.29, 0.717) is 0 Å². The minimum Gasteiger partial charge on any atom is -0.399 e. The number of ketones is 1. The van der Waals surface area contributed by atoms with Crippen LogP contribution in [0.1, 0.15) is 18.1 Å². The van der Waals surface area contributed by atoms with Crippen LogP contribution >= 0.6 is 0 Å². The molecule has 1 aromatic carbocycles. The number of Topliss-reactive ketones (excluding diaryl/α,β-unsaturated/α-hetero) is 1. The summed E-state index contributed by atoms with van der Waals surface area (Å²) >= 11 is 0. The van der Waals surface area contributed by atoms with Gasteiger partial charge in [-0.3, -0.25) is 4.79 Å². The first-order chi connectivity index (χ1) is 6.16. The van der Waals surface area contributed by atoms with Crippen LogP contribution in [0, 0.1) is 0 Å². The van der Waals surface area contributed by atoms with Crippen LogP contribution < -0.4 is 5.73 Å². The van der Waals surface area contributed by atoms with Crippen LogP contribution in [0.5, 0.6) is 0 Å². The molecule has 66 valence electrons. The van der Waals surface area contributed by atoms with E-state index in [9.17, 15) is 4.79 Å². The second-order valence-electron chi connectivity index (χ2n) is 3.36. The van der Waals surface area contributed by atoms with E-state index >= 15 is 0 Å². The Morgan fingerprint density at radius 3 is 2.92 bits per heavy atom. The average Bonchev–Trinajstić information content (AvgIpc) is 2.46. The number of nitrogen functional groups attached to an aromatic ring is 1. The maximum atomic E-state index is 11.1. The summed E-state index contributed by atoms with van der Waals surface area (Å²) in [6.07, 6.45) is 2.68. The highest BCUT2D eigenvalue weighted by molar-refractivity contribution is 6.00. The fraction of sp³-hybridized carbons (Fsp3) is 0.182. The number of fused-ring (bicyclic) bond motifs is 1. The predicted octanol–water partition coefficient (Wildman–Crippen LogP) is 1.80. The molecule has 0 heterocycles. The third-order valence-electron chi connectivity index (χ3n) is 2.33. The maximum Gasteiger partial charge on any atom is 0.156 e. The van der Waals surface area contributed by atoms with Gasteiger partial charge in [-0.25, -0.2) is 0 Å². The van der Waals surface area contributed by atoms with Crippen molar-refractivity contribution in [3.8, 4) is 0 Å². The third kappa shape index (κ3) is 1.35. The van der Waals surface area contributed by atoms with E-state index < -0.39 is 0 Å². The molecule has 2 heteroatoms. The Morgan fingerprint density at radius 1 is 1.46 bits per heavy atom. The Hall–Kier alpha value is -1.57. The van der Waals surface area contributed by atoms with Gasteiger partial charge < -0.3 is 5.73 Å². The van der Waals surface area contributed by atoms with Crippen molar-refractivity contribution in [1.82, 2.24) is 0 Å². The first kappa shape index (κ1) is 8.05. The zero-order valence-corrected chi connectivity index (χ0v) is 7.50. The lowest BCUT2D eigenvalue weighted by Crippen LogP contribution is -1.95. The molecule has 0 atom stereocenters. The Balaban J connectivity index is 2.43. The van der Waals surface area contributed by atoms with Gasteiger partial charge >= 0.3 is 0 Å². The SMILES string of the molecule is CC(=O)C1=Cc2cc(N)ccc2C1. The normalized spacial score (nSPS) is 13.8. The molecule has 1 aliphatic rings. The average molecular weight is 173 g/mol. The van der Waals surface area contributed by atoms with Gasteiger partial charge in [0.25, 0.3) is 0 Å². The molecule has 0 fully saturated rings. The van der Waals surface area contributed by atoms with Crippen LogP contribution in [0.2, 0.25) is 0 Å². The lowest BCUT2D eigenvalue weighted by Gasteiger charge is -1.98. The van der Waals surface area contributed by atoms with Crippen LogP contribution in [-0.2, 0) is 11.2 Å². The zero-order chi connectivity index (χ0) is 9.42. The summed E-state index contributed by atoms with van der Waals surface area (Å²) in [5.74, 6) is 0.148. The van der Waals surface area contributed by atoms with Crippen molar-refractivity contribution in [3.63, 3.8) is 0 Å². The number of hydrogen-bond donors (Lipinski definition) is 1. The first-order valence-electron chi connectivity index (χ1n) is 4.27. The van der Waals surface area contributed by atoms with Gasteiger partial charge in [-0.1, -0.05) is 6.07 Å². The van der Waals surface area contributed by atoms with Gasteiger partial charge in [0.05, 0.1) is 0 Å². The highest BCUT2D eigenvalue weighted by Gasteiger charge is 2.15. The fourth-order valence-electron chi connectivity index (χ4n) is 1.58.